The summed E-state index contributed by atoms with van der Waals surface area (Å²) in [6.45, 7) is 5.24. The van der Waals surface area contributed by atoms with Gasteiger partial charge in [-0.2, -0.15) is 0 Å². The molecular weight excluding hydrogens is 350 g/mol. The summed E-state index contributed by atoms with van der Waals surface area (Å²) in [5, 5.41) is 4.81. The van der Waals surface area contributed by atoms with Gasteiger partial charge < -0.3 is 14.5 Å². The molecule has 0 radical (unpaired) electrons. The molecule has 0 bridgehead atoms. The molecule has 0 N–H and O–H groups in total. The van der Waals surface area contributed by atoms with Crippen LogP contribution < -0.4 is 14.5 Å². The topological polar surface area (TPSA) is 45.9 Å². The number of rotatable bonds is 6. The van der Waals surface area contributed by atoms with Crippen LogP contribution in [0, 0.1) is 19.8 Å². The molecule has 1 aliphatic carbocycles. The molecule has 6 heteroatoms. The first-order chi connectivity index (χ1) is 13.4. The molecule has 4 rings (SSSR count). The van der Waals surface area contributed by atoms with Crippen molar-refractivity contribution in [2.45, 2.75) is 26.7 Å². The van der Waals surface area contributed by atoms with E-state index in [-0.39, 0.29) is 0 Å². The Balaban J connectivity index is 1.88. The molecule has 148 valence electrons. The molecule has 0 unspecified atom stereocenters. The van der Waals surface area contributed by atoms with Crippen molar-refractivity contribution in [2.75, 3.05) is 44.6 Å². The summed E-state index contributed by atoms with van der Waals surface area (Å²) < 4.78 is 7.66. The Kier molecular flexibility index (Phi) is 4.65. The van der Waals surface area contributed by atoms with Crippen molar-refractivity contribution < 1.29 is 4.74 Å². The van der Waals surface area contributed by atoms with Crippen LogP contribution >= 0.6 is 0 Å². The van der Waals surface area contributed by atoms with Crippen LogP contribution in [0.15, 0.2) is 24.3 Å². The number of methoxy groups -OCH3 is 1. The predicted octanol–water partition coefficient (Wildman–Crippen LogP) is 3.93. The summed E-state index contributed by atoms with van der Waals surface area (Å²) in [5.41, 5.74) is 6.47. The Bertz CT molecular complexity index is 996. The number of fused-ring (bicyclic) bond motifs is 1. The third kappa shape index (κ3) is 3.17. The van der Waals surface area contributed by atoms with E-state index in [4.69, 9.17) is 14.8 Å². The van der Waals surface area contributed by atoms with E-state index in [1.54, 1.807) is 7.11 Å². The van der Waals surface area contributed by atoms with Gasteiger partial charge in [-0.3, -0.25) is 0 Å². The van der Waals surface area contributed by atoms with Gasteiger partial charge in [-0.15, -0.1) is 5.10 Å². The molecule has 3 heterocycles. The van der Waals surface area contributed by atoms with Crippen molar-refractivity contribution in [1.82, 2.24) is 14.6 Å². The van der Waals surface area contributed by atoms with Gasteiger partial charge in [-0.05, 0) is 56.4 Å². The fourth-order valence-corrected chi connectivity index (χ4v) is 3.93. The van der Waals surface area contributed by atoms with Crippen LogP contribution in [0.25, 0.3) is 16.8 Å². The first kappa shape index (κ1) is 18.6. The van der Waals surface area contributed by atoms with Crippen LogP contribution in [-0.4, -0.2) is 49.4 Å². The minimum absolute atomic E-state index is 0.670. The molecule has 0 amide bonds. The second-order valence-corrected chi connectivity index (χ2v) is 8.04. The fraction of sp³-hybridized carbons (Fsp3) is 0.455. The summed E-state index contributed by atoms with van der Waals surface area (Å²) in [6.07, 6.45) is 2.64. The number of ether oxygens (including phenoxy) is 1. The molecule has 3 aromatic rings. The molecule has 1 aliphatic rings. The number of hydrogen-bond donors (Lipinski definition) is 0. The number of hydrogen-bond acceptors (Lipinski definition) is 5. The third-order valence-corrected chi connectivity index (χ3v) is 5.50. The molecule has 0 saturated heterocycles. The monoisotopic (exact) mass is 379 g/mol. The minimum atomic E-state index is 0.670. The van der Waals surface area contributed by atoms with E-state index in [9.17, 15) is 0 Å². The lowest BCUT2D eigenvalue weighted by atomic mass is 10.0. The zero-order valence-corrected chi connectivity index (χ0v) is 17.7. The fourth-order valence-electron chi connectivity index (χ4n) is 3.93. The van der Waals surface area contributed by atoms with E-state index in [0.29, 0.717) is 5.88 Å². The van der Waals surface area contributed by atoms with Gasteiger partial charge >= 0.3 is 0 Å². The molecule has 28 heavy (non-hydrogen) atoms. The van der Waals surface area contributed by atoms with Crippen molar-refractivity contribution in [3.8, 4) is 17.1 Å². The van der Waals surface area contributed by atoms with Gasteiger partial charge in [-0.1, -0.05) is 6.07 Å². The number of nitrogens with zero attached hydrogens (tertiary/aromatic N) is 5. The van der Waals surface area contributed by atoms with E-state index in [2.05, 4.69) is 50.1 Å². The van der Waals surface area contributed by atoms with Crippen molar-refractivity contribution >= 4 is 17.0 Å². The van der Waals surface area contributed by atoms with Crippen LogP contribution in [0.3, 0.4) is 0 Å². The maximum atomic E-state index is 5.66. The van der Waals surface area contributed by atoms with Gasteiger partial charge in [0.1, 0.15) is 11.5 Å². The first-order valence-corrected chi connectivity index (χ1v) is 9.83. The third-order valence-electron chi connectivity index (χ3n) is 5.50. The summed E-state index contributed by atoms with van der Waals surface area (Å²) in [4.78, 5) is 9.11. The van der Waals surface area contributed by atoms with Crippen LogP contribution in [-0.2, 0) is 0 Å². The lowest BCUT2D eigenvalue weighted by Crippen LogP contribution is -2.20. The Labute approximate surface area is 166 Å². The smallest absolute Gasteiger partial charge is 0.257 e. The summed E-state index contributed by atoms with van der Waals surface area (Å²) >= 11 is 0. The highest BCUT2D eigenvalue weighted by Crippen LogP contribution is 2.38. The Morgan fingerprint density at radius 2 is 1.93 bits per heavy atom. The summed E-state index contributed by atoms with van der Waals surface area (Å²) in [6, 6.07) is 8.45. The van der Waals surface area contributed by atoms with Crippen LogP contribution in [0.2, 0.25) is 0 Å². The van der Waals surface area contributed by atoms with Crippen molar-refractivity contribution in [3.05, 3.63) is 35.5 Å². The SMILES string of the molecule is COc1nn2c(-c3c(C)cc(N(C)C)nc3C)cccc2c1N(C)CC1CC1. The van der Waals surface area contributed by atoms with Gasteiger partial charge in [-0.25, -0.2) is 9.50 Å². The van der Waals surface area contributed by atoms with Crippen LogP contribution in [0.4, 0.5) is 11.5 Å². The normalized spacial score (nSPS) is 13.8. The largest absolute Gasteiger partial charge is 0.478 e. The van der Waals surface area contributed by atoms with E-state index >= 15 is 0 Å². The average Bonchev–Trinajstić information content (AvgIpc) is 3.37. The zero-order chi connectivity index (χ0) is 20.0. The summed E-state index contributed by atoms with van der Waals surface area (Å²) in [5.74, 6) is 2.43. The number of aryl methyl sites for hydroxylation is 2. The standard InChI is InChI=1S/C22H29N5O/c1-14-12-19(25(3)4)23-15(2)20(14)17-8-7-9-18-21(22(28-6)24-27(17)18)26(5)13-16-10-11-16/h7-9,12,16H,10-11,13H2,1-6H3. The Hall–Kier alpha value is -2.76. The highest BCUT2D eigenvalue weighted by molar-refractivity contribution is 5.82. The summed E-state index contributed by atoms with van der Waals surface area (Å²) in [7, 11) is 7.86. The second kappa shape index (κ2) is 7.00. The lowest BCUT2D eigenvalue weighted by molar-refractivity contribution is 0.395. The second-order valence-electron chi connectivity index (χ2n) is 8.04. The lowest BCUT2D eigenvalue weighted by Gasteiger charge is -2.19. The van der Waals surface area contributed by atoms with Crippen molar-refractivity contribution in [1.29, 1.82) is 0 Å². The van der Waals surface area contributed by atoms with Gasteiger partial charge in [0, 0.05) is 38.9 Å². The van der Waals surface area contributed by atoms with Crippen LogP contribution in [0.5, 0.6) is 5.88 Å². The van der Waals surface area contributed by atoms with E-state index in [1.807, 2.05) is 23.5 Å². The molecule has 1 saturated carbocycles. The van der Waals surface area contributed by atoms with Gasteiger partial charge in [0.15, 0.2) is 0 Å². The molecule has 3 aromatic heterocycles. The number of anilines is 2. The Morgan fingerprint density at radius 3 is 2.54 bits per heavy atom. The molecule has 0 aromatic carbocycles. The maximum absolute atomic E-state index is 5.66. The molecule has 0 spiro atoms. The Morgan fingerprint density at radius 1 is 1.18 bits per heavy atom. The number of aromatic nitrogens is 3. The predicted molar refractivity (Wildman–Crippen MR) is 115 cm³/mol. The zero-order valence-electron chi connectivity index (χ0n) is 17.7. The molecule has 1 fully saturated rings. The highest BCUT2D eigenvalue weighted by Gasteiger charge is 2.27. The molecule has 6 nitrogen and oxygen atoms in total. The van der Waals surface area contributed by atoms with Gasteiger partial charge in [0.05, 0.1) is 18.3 Å². The minimum Gasteiger partial charge on any atom is -0.478 e. The van der Waals surface area contributed by atoms with E-state index in [1.165, 1.54) is 18.4 Å². The first-order valence-electron chi connectivity index (χ1n) is 9.83. The van der Waals surface area contributed by atoms with Crippen molar-refractivity contribution in [2.24, 2.45) is 5.92 Å². The number of pyridine rings is 2. The maximum Gasteiger partial charge on any atom is 0.257 e. The van der Waals surface area contributed by atoms with Crippen molar-refractivity contribution in [3.63, 3.8) is 0 Å². The van der Waals surface area contributed by atoms with E-state index < -0.39 is 0 Å². The van der Waals surface area contributed by atoms with Gasteiger partial charge in [0.2, 0.25) is 0 Å². The van der Waals surface area contributed by atoms with E-state index in [0.717, 1.165) is 46.4 Å². The average molecular weight is 380 g/mol. The quantitative estimate of drug-likeness (QED) is 0.649. The van der Waals surface area contributed by atoms with Gasteiger partial charge in [0.25, 0.3) is 5.88 Å². The molecule has 0 aliphatic heterocycles. The molecular formula is C22H29N5O. The van der Waals surface area contributed by atoms with Crippen LogP contribution in [0.1, 0.15) is 24.1 Å². The highest BCUT2D eigenvalue weighted by atomic mass is 16.5. The molecule has 0 atom stereocenters.